The number of hydrogen-bond donors (Lipinski definition) is 1. The van der Waals surface area contributed by atoms with Gasteiger partial charge in [0.15, 0.2) is 5.82 Å². The van der Waals surface area contributed by atoms with Gasteiger partial charge in [-0.3, -0.25) is 0 Å². The van der Waals surface area contributed by atoms with Crippen molar-refractivity contribution in [3.8, 4) is 0 Å². The first-order valence-electron chi connectivity index (χ1n) is 7.24. The lowest BCUT2D eigenvalue weighted by molar-refractivity contribution is 0.0532. The van der Waals surface area contributed by atoms with E-state index in [0.29, 0.717) is 6.61 Å². The molecule has 1 unspecified atom stereocenters. The summed E-state index contributed by atoms with van der Waals surface area (Å²) < 4.78 is 5.69. The summed E-state index contributed by atoms with van der Waals surface area (Å²) in [6.45, 7) is 9.99. The fraction of sp³-hybridized carbons (Fsp3) is 0.733. The zero-order chi connectivity index (χ0) is 14.3. The number of nitrogens with one attached hydrogen (secondary N) is 1. The van der Waals surface area contributed by atoms with Crippen LogP contribution in [0.3, 0.4) is 0 Å². The van der Waals surface area contributed by atoms with Crippen molar-refractivity contribution in [3.05, 3.63) is 22.8 Å². The molecule has 0 aliphatic heterocycles. The van der Waals surface area contributed by atoms with Gasteiger partial charge in [0.05, 0.1) is 0 Å². The van der Waals surface area contributed by atoms with Crippen molar-refractivity contribution in [1.82, 2.24) is 15.3 Å². The summed E-state index contributed by atoms with van der Waals surface area (Å²) in [5.74, 6) is 0.830. The summed E-state index contributed by atoms with van der Waals surface area (Å²) in [5, 5.41) is 3.17. The maximum Gasteiger partial charge on any atom is 0.157 e. The molecule has 0 fully saturated rings. The molecule has 4 nitrogen and oxygen atoms in total. The van der Waals surface area contributed by atoms with E-state index in [9.17, 15) is 0 Å². The SMILES string of the molecule is CCOC(CC)c1nc(C)c(CCCNC)c(C)n1. The van der Waals surface area contributed by atoms with Crippen molar-refractivity contribution in [2.75, 3.05) is 20.2 Å². The van der Waals surface area contributed by atoms with Crippen LogP contribution in [-0.4, -0.2) is 30.2 Å². The Morgan fingerprint density at radius 1 is 1.16 bits per heavy atom. The van der Waals surface area contributed by atoms with Crippen LogP contribution in [0.4, 0.5) is 0 Å². The Labute approximate surface area is 117 Å². The molecule has 1 aromatic rings. The van der Waals surface area contributed by atoms with Crippen molar-refractivity contribution in [2.24, 2.45) is 0 Å². The number of rotatable bonds is 8. The van der Waals surface area contributed by atoms with Crippen LogP contribution in [0.25, 0.3) is 0 Å². The van der Waals surface area contributed by atoms with E-state index >= 15 is 0 Å². The molecule has 4 heteroatoms. The highest BCUT2D eigenvalue weighted by atomic mass is 16.5. The minimum Gasteiger partial charge on any atom is -0.371 e. The van der Waals surface area contributed by atoms with Gasteiger partial charge in [-0.05, 0) is 59.2 Å². The van der Waals surface area contributed by atoms with Gasteiger partial charge in [-0.1, -0.05) is 6.92 Å². The Morgan fingerprint density at radius 2 is 1.79 bits per heavy atom. The van der Waals surface area contributed by atoms with E-state index in [-0.39, 0.29) is 6.10 Å². The van der Waals surface area contributed by atoms with Crippen molar-refractivity contribution in [1.29, 1.82) is 0 Å². The van der Waals surface area contributed by atoms with Crippen LogP contribution in [0.15, 0.2) is 0 Å². The predicted molar refractivity (Wildman–Crippen MR) is 78.4 cm³/mol. The van der Waals surface area contributed by atoms with Crippen LogP contribution < -0.4 is 5.32 Å². The predicted octanol–water partition coefficient (Wildman–Crippen LogP) is 2.73. The third-order valence-electron chi connectivity index (χ3n) is 3.32. The molecule has 108 valence electrons. The first-order chi connectivity index (χ1) is 9.13. The van der Waals surface area contributed by atoms with Crippen molar-refractivity contribution >= 4 is 0 Å². The molecule has 1 aromatic heterocycles. The molecule has 0 amide bonds. The van der Waals surface area contributed by atoms with Crippen molar-refractivity contribution in [2.45, 2.75) is 53.1 Å². The third-order valence-corrected chi connectivity index (χ3v) is 3.32. The molecule has 1 atom stereocenters. The molecule has 1 N–H and O–H groups in total. The van der Waals surface area contributed by atoms with E-state index in [2.05, 4.69) is 36.1 Å². The third kappa shape index (κ3) is 4.55. The molecule has 0 saturated carbocycles. The highest BCUT2D eigenvalue weighted by Gasteiger charge is 2.15. The zero-order valence-corrected chi connectivity index (χ0v) is 12.9. The number of aromatic nitrogens is 2. The summed E-state index contributed by atoms with van der Waals surface area (Å²) in [5.41, 5.74) is 3.47. The first-order valence-corrected chi connectivity index (χ1v) is 7.24. The molecule has 0 aliphatic rings. The van der Waals surface area contributed by atoms with Crippen LogP contribution >= 0.6 is 0 Å². The second-order valence-corrected chi connectivity index (χ2v) is 4.79. The van der Waals surface area contributed by atoms with Crippen molar-refractivity contribution in [3.63, 3.8) is 0 Å². The van der Waals surface area contributed by atoms with Gasteiger partial charge in [0.25, 0.3) is 0 Å². The van der Waals surface area contributed by atoms with Gasteiger partial charge in [-0.25, -0.2) is 9.97 Å². The minimum atomic E-state index is 0.0220. The zero-order valence-electron chi connectivity index (χ0n) is 12.9. The first kappa shape index (κ1) is 16.1. The van der Waals surface area contributed by atoms with E-state index < -0.39 is 0 Å². The Hall–Kier alpha value is -1.00. The molecule has 0 aromatic carbocycles. The second-order valence-electron chi connectivity index (χ2n) is 4.79. The average molecular weight is 265 g/mol. The molecule has 19 heavy (non-hydrogen) atoms. The molecule has 0 spiro atoms. The van der Waals surface area contributed by atoms with Gasteiger partial charge in [-0.15, -0.1) is 0 Å². The van der Waals surface area contributed by atoms with Gasteiger partial charge in [-0.2, -0.15) is 0 Å². The standard InChI is InChI=1S/C15H27N3O/c1-6-14(19-7-2)15-17-11(3)13(12(4)18-15)9-8-10-16-5/h14,16H,6-10H2,1-5H3. The summed E-state index contributed by atoms with van der Waals surface area (Å²) in [7, 11) is 1.98. The van der Waals surface area contributed by atoms with Crippen LogP contribution in [-0.2, 0) is 11.2 Å². The molecule has 0 saturated heterocycles. The summed E-state index contributed by atoms with van der Waals surface area (Å²) in [4.78, 5) is 9.29. The van der Waals surface area contributed by atoms with E-state index in [1.54, 1.807) is 0 Å². The average Bonchev–Trinajstić information content (AvgIpc) is 2.39. The van der Waals surface area contributed by atoms with E-state index in [1.807, 2.05) is 14.0 Å². The molecule has 0 bridgehead atoms. The second kappa shape index (κ2) is 8.23. The Kier molecular flexibility index (Phi) is 6.95. The fourth-order valence-electron chi connectivity index (χ4n) is 2.29. The van der Waals surface area contributed by atoms with Gasteiger partial charge in [0, 0.05) is 18.0 Å². The quantitative estimate of drug-likeness (QED) is 0.734. The van der Waals surface area contributed by atoms with Crippen LogP contribution in [0, 0.1) is 13.8 Å². The molecule has 1 heterocycles. The van der Waals surface area contributed by atoms with E-state index in [1.165, 1.54) is 5.56 Å². The number of nitrogens with zero attached hydrogens (tertiary/aromatic N) is 2. The highest BCUT2D eigenvalue weighted by Crippen LogP contribution is 2.20. The normalized spacial score (nSPS) is 12.7. The smallest absolute Gasteiger partial charge is 0.157 e. The van der Waals surface area contributed by atoms with Gasteiger partial charge in [0.2, 0.25) is 0 Å². The maximum atomic E-state index is 5.69. The van der Waals surface area contributed by atoms with Crippen molar-refractivity contribution < 1.29 is 4.74 Å². The minimum absolute atomic E-state index is 0.0220. The summed E-state index contributed by atoms with van der Waals surface area (Å²) in [6.07, 6.45) is 3.08. The van der Waals surface area contributed by atoms with Crippen LogP contribution in [0.1, 0.15) is 55.6 Å². The number of hydrogen-bond acceptors (Lipinski definition) is 4. The topological polar surface area (TPSA) is 47.0 Å². The van der Waals surface area contributed by atoms with Gasteiger partial charge < -0.3 is 10.1 Å². The monoisotopic (exact) mass is 265 g/mol. The molecule has 1 rings (SSSR count). The number of aryl methyl sites for hydroxylation is 2. The van der Waals surface area contributed by atoms with Crippen LogP contribution in [0.2, 0.25) is 0 Å². The molecular formula is C15H27N3O. The van der Waals surface area contributed by atoms with Crippen LogP contribution in [0.5, 0.6) is 0 Å². The maximum absolute atomic E-state index is 5.69. The number of ether oxygens (including phenoxy) is 1. The summed E-state index contributed by atoms with van der Waals surface area (Å²) >= 11 is 0. The lowest BCUT2D eigenvalue weighted by Crippen LogP contribution is -2.13. The lowest BCUT2D eigenvalue weighted by Gasteiger charge is -2.17. The lowest BCUT2D eigenvalue weighted by atomic mass is 10.1. The van der Waals surface area contributed by atoms with E-state index in [0.717, 1.165) is 43.0 Å². The Bertz CT molecular complexity index is 370. The van der Waals surface area contributed by atoms with Gasteiger partial charge >= 0.3 is 0 Å². The van der Waals surface area contributed by atoms with Gasteiger partial charge in [0.1, 0.15) is 6.10 Å². The largest absolute Gasteiger partial charge is 0.371 e. The Morgan fingerprint density at radius 3 is 2.26 bits per heavy atom. The molecular weight excluding hydrogens is 238 g/mol. The van der Waals surface area contributed by atoms with E-state index in [4.69, 9.17) is 4.74 Å². The summed E-state index contributed by atoms with van der Waals surface area (Å²) in [6, 6.07) is 0. The Balaban J connectivity index is 2.88. The molecule has 0 radical (unpaired) electrons. The molecule has 0 aliphatic carbocycles. The fourth-order valence-corrected chi connectivity index (χ4v) is 2.29. The highest BCUT2D eigenvalue weighted by molar-refractivity contribution is 5.25.